The van der Waals surface area contributed by atoms with Crippen LogP contribution in [0.25, 0.3) is 0 Å². The molecule has 2 aromatic rings. The average Bonchev–Trinajstić information content (AvgIpc) is 2.96. The zero-order valence-corrected chi connectivity index (χ0v) is 12.4. The molecule has 3 nitrogen and oxygen atoms in total. The van der Waals surface area contributed by atoms with Crippen LogP contribution < -0.4 is 4.90 Å². The summed E-state index contributed by atoms with van der Waals surface area (Å²) >= 11 is 13.6. The molecule has 1 atom stereocenters. The van der Waals surface area contributed by atoms with Crippen LogP contribution in [0, 0.1) is 0 Å². The molecule has 100 valence electrons. The minimum Gasteiger partial charge on any atom is -0.370 e. The third-order valence-electron chi connectivity index (χ3n) is 3.07. The normalized spacial score (nSPS) is 19.7. The quantitative estimate of drug-likeness (QED) is 0.837. The smallest absolute Gasteiger partial charge is 0.185 e. The molecule has 0 aliphatic carbocycles. The van der Waals surface area contributed by atoms with Gasteiger partial charge < -0.3 is 9.64 Å². The maximum atomic E-state index is 6.06. The summed E-state index contributed by atoms with van der Waals surface area (Å²) in [6, 6.07) is 5.65. The number of rotatable bonds is 2. The van der Waals surface area contributed by atoms with Crippen LogP contribution in [0.1, 0.15) is 11.7 Å². The minimum atomic E-state index is 0.00687. The number of halogens is 2. The first-order chi connectivity index (χ1) is 9.24. The van der Waals surface area contributed by atoms with Crippen LogP contribution in [0.15, 0.2) is 29.8 Å². The highest BCUT2D eigenvalue weighted by Crippen LogP contribution is 2.30. The molecular weight excluding hydrogens is 303 g/mol. The number of anilines is 1. The minimum absolute atomic E-state index is 0.00687. The van der Waals surface area contributed by atoms with Crippen LogP contribution in [0.4, 0.5) is 5.13 Å². The van der Waals surface area contributed by atoms with Crippen LogP contribution in [0.3, 0.4) is 0 Å². The Kier molecular flexibility index (Phi) is 3.93. The predicted octanol–water partition coefficient (Wildman–Crippen LogP) is 4.03. The Morgan fingerprint density at radius 1 is 1.32 bits per heavy atom. The number of hydrogen-bond acceptors (Lipinski definition) is 4. The molecule has 1 fully saturated rings. The summed E-state index contributed by atoms with van der Waals surface area (Å²) in [6.45, 7) is 2.33. The summed E-state index contributed by atoms with van der Waals surface area (Å²) in [7, 11) is 0. The van der Waals surface area contributed by atoms with Crippen molar-refractivity contribution < 1.29 is 4.74 Å². The van der Waals surface area contributed by atoms with Crippen molar-refractivity contribution in [3.63, 3.8) is 0 Å². The summed E-state index contributed by atoms with van der Waals surface area (Å²) in [5.74, 6) is 0. The van der Waals surface area contributed by atoms with Gasteiger partial charge in [-0.1, -0.05) is 29.3 Å². The molecule has 0 N–H and O–H groups in total. The van der Waals surface area contributed by atoms with Crippen molar-refractivity contribution >= 4 is 39.7 Å². The van der Waals surface area contributed by atoms with Crippen LogP contribution in [-0.2, 0) is 4.74 Å². The Labute approximate surface area is 125 Å². The lowest BCUT2D eigenvalue weighted by molar-refractivity contribution is 0.0398. The summed E-state index contributed by atoms with van der Waals surface area (Å²) in [6.07, 6.45) is 1.83. The lowest BCUT2D eigenvalue weighted by Crippen LogP contribution is -2.38. The Hall–Kier alpha value is -0.810. The highest BCUT2D eigenvalue weighted by molar-refractivity contribution is 7.13. The summed E-state index contributed by atoms with van der Waals surface area (Å²) < 4.78 is 5.82. The Bertz CT molecular complexity index is 562. The monoisotopic (exact) mass is 314 g/mol. The van der Waals surface area contributed by atoms with Crippen molar-refractivity contribution in [2.45, 2.75) is 6.10 Å². The second kappa shape index (κ2) is 5.67. The van der Waals surface area contributed by atoms with Gasteiger partial charge in [-0.2, -0.15) is 0 Å². The third-order valence-corrected chi connectivity index (χ3v) is 4.64. The van der Waals surface area contributed by atoms with E-state index in [1.807, 2.05) is 29.8 Å². The fourth-order valence-electron chi connectivity index (χ4n) is 2.11. The lowest BCUT2D eigenvalue weighted by Gasteiger charge is -2.33. The molecule has 0 radical (unpaired) electrons. The molecule has 0 saturated carbocycles. The molecule has 6 heteroatoms. The molecule has 1 saturated heterocycles. The second-order valence-electron chi connectivity index (χ2n) is 4.29. The van der Waals surface area contributed by atoms with Crippen LogP contribution in [0.2, 0.25) is 10.0 Å². The van der Waals surface area contributed by atoms with E-state index in [4.69, 9.17) is 27.9 Å². The largest absolute Gasteiger partial charge is 0.370 e. The molecule has 1 unspecified atom stereocenters. The van der Waals surface area contributed by atoms with E-state index in [1.54, 1.807) is 11.3 Å². The van der Waals surface area contributed by atoms with Gasteiger partial charge in [0.1, 0.15) is 6.10 Å². The van der Waals surface area contributed by atoms with Gasteiger partial charge in [0.15, 0.2) is 5.13 Å². The molecule has 0 bridgehead atoms. The molecule has 2 heterocycles. The number of morpholine rings is 1. The maximum Gasteiger partial charge on any atom is 0.185 e. The van der Waals surface area contributed by atoms with E-state index in [9.17, 15) is 0 Å². The van der Waals surface area contributed by atoms with E-state index in [1.165, 1.54) is 0 Å². The summed E-state index contributed by atoms with van der Waals surface area (Å²) in [5, 5.41) is 4.15. The Morgan fingerprint density at radius 2 is 2.21 bits per heavy atom. The first-order valence-electron chi connectivity index (χ1n) is 5.95. The van der Waals surface area contributed by atoms with Gasteiger partial charge in [-0.05, 0) is 17.7 Å². The lowest BCUT2D eigenvalue weighted by atomic mass is 10.1. The maximum absolute atomic E-state index is 6.06. The zero-order valence-electron chi connectivity index (χ0n) is 10.1. The van der Waals surface area contributed by atoms with E-state index in [0.29, 0.717) is 16.7 Å². The molecular formula is C13H12Cl2N2OS. The first kappa shape index (κ1) is 13.2. The van der Waals surface area contributed by atoms with Gasteiger partial charge in [0.05, 0.1) is 23.2 Å². The van der Waals surface area contributed by atoms with Crippen molar-refractivity contribution in [2.24, 2.45) is 0 Å². The first-order valence-corrected chi connectivity index (χ1v) is 7.58. The fourth-order valence-corrected chi connectivity index (χ4v) is 3.10. The molecule has 1 aromatic heterocycles. The van der Waals surface area contributed by atoms with Crippen LogP contribution >= 0.6 is 34.5 Å². The molecule has 19 heavy (non-hydrogen) atoms. The van der Waals surface area contributed by atoms with Crippen LogP contribution in [-0.4, -0.2) is 24.7 Å². The van der Waals surface area contributed by atoms with Crippen molar-refractivity contribution in [2.75, 3.05) is 24.6 Å². The molecule has 0 spiro atoms. The highest BCUT2D eigenvalue weighted by Gasteiger charge is 2.23. The number of aromatic nitrogens is 1. The van der Waals surface area contributed by atoms with E-state index in [-0.39, 0.29) is 6.10 Å². The van der Waals surface area contributed by atoms with Gasteiger partial charge >= 0.3 is 0 Å². The van der Waals surface area contributed by atoms with Crippen molar-refractivity contribution in [3.05, 3.63) is 45.4 Å². The van der Waals surface area contributed by atoms with Gasteiger partial charge in [-0.3, -0.25) is 0 Å². The van der Waals surface area contributed by atoms with Gasteiger partial charge in [0.2, 0.25) is 0 Å². The summed E-state index contributed by atoms with van der Waals surface area (Å²) in [5.41, 5.74) is 1.05. The Balaban J connectivity index is 1.79. The molecule has 0 amide bonds. The van der Waals surface area contributed by atoms with Crippen LogP contribution in [0.5, 0.6) is 0 Å². The van der Waals surface area contributed by atoms with Gasteiger partial charge in [-0.15, -0.1) is 11.3 Å². The highest BCUT2D eigenvalue weighted by atomic mass is 35.5. The van der Waals surface area contributed by atoms with Crippen molar-refractivity contribution in [3.8, 4) is 0 Å². The van der Waals surface area contributed by atoms with E-state index in [0.717, 1.165) is 23.8 Å². The standard InChI is InChI=1S/C13H12Cl2N2OS/c14-10-2-1-9(7-11(10)15)12-8-17(4-5-18-12)13-16-3-6-19-13/h1-3,6-7,12H,4-5,8H2. The number of thiazole rings is 1. The van der Waals surface area contributed by atoms with E-state index < -0.39 is 0 Å². The van der Waals surface area contributed by atoms with E-state index >= 15 is 0 Å². The second-order valence-corrected chi connectivity index (χ2v) is 5.98. The van der Waals surface area contributed by atoms with Crippen molar-refractivity contribution in [1.82, 2.24) is 4.98 Å². The molecule has 1 aliphatic rings. The topological polar surface area (TPSA) is 25.4 Å². The zero-order chi connectivity index (χ0) is 13.2. The van der Waals surface area contributed by atoms with E-state index in [2.05, 4.69) is 9.88 Å². The summed E-state index contributed by atoms with van der Waals surface area (Å²) in [4.78, 5) is 6.58. The fraction of sp³-hybridized carbons (Fsp3) is 0.308. The molecule has 1 aromatic carbocycles. The van der Waals surface area contributed by atoms with Gasteiger partial charge in [0.25, 0.3) is 0 Å². The average molecular weight is 315 g/mol. The predicted molar refractivity (Wildman–Crippen MR) is 79.5 cm³/mol. The molecule has 1 aliphatic heterocycles. The SMILES string of the molecule is Clc1ccc(C2CN(c3nccs3)CCO2)cc1Cl. The number of nitrogens with zero attached hydrogens (tertiary/aromatic N) is 2. The van der Waals surface area contributed by atoms with Gasteiger partial charge in [0, 0.05) is 18.1 Å². The molecule has 3 rings (SSSR count). The van der Waals surface area contributed by atoms with Crippen molar-refractivity contribution in [1.29, 1.82) is 0 Å². The number of ether oxygens (including phenoxy) is 1. The van der Waals surface area contributed by atoms with Gasteiger partial charge in [-0.25, -0.2) is 4.98 Å². The number of benzene rings is 1. The number of hydrogen-bond donors (Lipinski definition) is 0. The third kappa shape index (κ3) is 2.87. The Morgan fingerprint density at radius 3 is 2.95 bits per heavy atom.